The van der Waals surface area contributed by atoms with Crippen molar-refractivity contribution in [2.24, 2.45) is 0 Å². The quantitative estimate of drug-likeness (QED) is 0.811. The van der Waals surface area contributed by atoms with Crippen LogP contribution < -0.4 is 10.1 Å². The number of nitrogens with one attached hydrogen (secondary N) is 1. The normalized spacial score (nSPS) is 13.2. The molecule has 2 aromatic rings. The third-order valence-corrected chi connectivity index (χ3v) is 4.10. The summed E-state index contributed by atoms with van der Waals surface area (Å²) in [7, 11) is 1.60. The summed E-state index contributed by atoms with van der Waals surface area (Å²) in [6, 6.07) is 15.5. The van der Waals surface area contributed by atoms with Gasteiger partial charge in [0.1, 0.15) is 11.1 Å². The van der Waals surface area contributed by atoms with Gasteiger partial charge in [0, 0.05) is 6.04 Å². The van der Waals surface area contributed by atoms with Crippen LogP contribution in [0.5, 0.6) is 5.75 Å². The van der Waals surface area contributed by atoms with E-state index in [0.717, 1.165) is 17.7 Å². The Morgan fingerprint density at radius 1 is 1.22 bits per heavy atom. The number of methoxy groups -OCH3 is 1. The van der Waals surface area contributed by atoms with Gasteiger partial charge in [-0.3, -0.25) is 4.79 Å². The van der Waals surface area contributed by atoms with E-state index >= 15 is 0 Å². The van der Waals surface area contributed by atoms with Gasteiger partial charge in [-0.25, -0.2) is 0 Å². The minimum Gasteiger partial charge on any atom is -0.497 e. The van der Waals surface area contributed by atoms with Gasteiger partial charge in [0.2, 0.25) is 5.91 Å². The third kappa shape index (κ3) is 5.00. The molecule has 0 radical (unpaired) electrons. The van der Waals surface area contributed by atoms with Gasteiger partial charge in [-0.15, -0.1) is 11.6 Å². The lowest BCUT2D eigenvalue weighted by molar-refractivity contribution is -0.121. The molecule has 1 amide bonds. The number of carbonyl (C=O) groups is 1. The third-order valence-electron chi connectivity index (χ3n) is 3.65. The molecule has 3 nitrogen and oxygen atoms in total. The molecule has 23 heavy (non-hydrogen) atoms. The summed E-state index contributed by atoms with van der Waals surface area (Å²) in [5.41, 5.74) is 3.18. The van der Waals surface area contributed by atoms with Gasteiger partial charge in [0.05, 0.1) is 7.11 Å². The highest BCUT2D eigenvalue weighted by Crippen LogP contribution is 2.23. The van der Waals surface area contributed by atoms with E-state index in [2.05, 4.69) is 30.4 Å². The number of halogens is 1. The summed E-state index contributed by atoms with van der Waals surface area (Å²) < 4.78 is 5.11. The highest BCUT2D eigenvalue weighted by Gasteiger charge is 2.19. The number of aryl methyl sites for hydroxylation is 1. The highest BCUT2D eigenvalue weighted by molar-refractivity contribution is 6.30. The first-order valence-corrected chi connectivity index (χ1v) is 8.07. The molecule has 0 saturated heterocycles. The molecule has 2 aromatic carbocycles. The Bertz CT molecular complexity index is 655. The van der Waals surface area contributed by atoms with E-state index in [9.17, 15) is 4.79 Å². The van der Waals surface area contributed by atoms with Gasteiger partial charge in [0.25, 0.3) is 0 Å². The lowest BCUT2D eigenvalue weighted by Gasteiger charge is -2.17. The summed E-state index contributed by atoms with van der Waals surface area (Å²) >= 11 is 6.27. The molecule has 4 heteroatoms. The number of amides is 1. The second kappa shape index (κ2) is 8.02. The minimum atomic E-state index is -0.708. The molecule has 2 unspecified atom stereocenters. The monoisotopic (exact) mass is 331 g/mol. The molecule has 1 N–H and O–H groups in total. The van der Waals surface area contributed by atoms with Crippen LogP contribution in [0.2, 0.25) is 0 Å². The average Bonchev–Trinajstić information content (AvgIpc) is 2.54. The van der Waals surface area contributed by atoms with Crippen LogP contribution in [0.15, 0.2) is 48.5 Å². The molecule has 2 atom stereocenters. The zero-order valence-electron chi connectivity index (χ0n) is 13.7. The number of benzene rings is 2. The maximum atomic E-state index is 12.3. The molecule has 0 fully saturated rings. The molecule has 2 rings (SSSR count). The van der Waals surface area contributed by atoms with Crippen molar-refractivity contribution in [1.29, 1.82) is 0 Å². The van der Waals surface area contributed by atoms with E-state index < -0.39 is 5.38 Å². The molecule has 0 aliphatic carbocycles. The number of hydrogen-bond donors (Lipinski definition) is 1. The number of alkyl halides is 1. The van der Waals surface area contributed by atoms with E-state index in [0.29, 0.717) is 0 Å². The van der Waals surface area contributed by atoms with Crippen molar-refractivity contribution in [2.75, 3.05) is 7.11 Å². The van der Waals surface area contributed by atoms with Crippen LogP contribution in [0, 0.1) is 6.92 Å². The van der Waals surface area contributed by atoms with E-state index in [1.54, 1.807) is 31.4 Å². The predicted octanol–water partition coefficient (Wildman–Crippen LogP) is 4.03. The maximum absolute atomic E-state index is 12.3. The second-order valence-corrected chi connectivity index (χ2v) is 6.17. The van der Waals surface area contributed by atoms with Crippen molar-refractivity contribution >= 4 is 17.5 Å². The van der Waals surface area contributed by atoms with Crippen molar-refractivity contribution in [3.8, 4) is 5.75 Å². The van der Waals surface area contributed by atoms with E-state index in [1.807, 2.05) is 13.0 Å². The number of hydrogen-bond acceptors (Lipinski definition) is 2. The molecule has 0 spiro atoms. The van der Waals surface area contributed by atoms with Gasteiger partial charge in [0.15, 0.2) is 0 Å². The van der Waals surface area contributed by atoms with Gasteiger partial charge >= 0.3 is 0 Å². The maximum Gasteiger partial charge on any atom is 0.242 e. The van der Waals surface area contributed by atoms with Crippen molar-refractivity contribution < 1.29 is 9.53 Å². The Kier molecular flexibility index (Phi) is 6.05. The fraction of sp³-hybridized carbons (Fsp3) is 0.316. The highest BCUT2D eigenvalue weighted by atomic mass is 35.5. The summed E-state index contributed by atoms with van der Waals surface area (Å²) in [4.78, 5) is 12.3. The average molecular weight is 332 g/mol. The fourth-order valence-corrected chi connectivity index (χ4v) is 2.69. The minimum absolute atomic E-state index is 0.0174. The van der Waals surface area contributed by atoms with Crippen molar-refractivity contribution in [3.05, 3.63) is 65.2 Å². The summed E-state index contributed by atoms with van der Waals surface area (Å²) in [5.74, 6) is 0.558. The van der Waals surface area contributed by atoms with E-state index in [1.165, 1.54) is 11.1 Å². The Hall–Kier alpha value is -2.00. The van der Waals surface area contributed by atoms with Crippen LogP contribution >= 0.6 is 11.6 Å². The summed E-state index contributed by atoms with van der Waals surface area (Å²) in [6.07, 6.45) is 0.777. The van der Waals surface area contributed by atoms with Crippen LogP contribution in [0.1, 0.15) is 29.0 Å². The fourth-order valence-electron chi connectivity index (χ4n) is 2.48. The molecule has 0 aliphatic heterocycles. The molecule has 0 aliphatic rings. The van der Waals surface area contributed by atoms with Crippen LogP contribution in [0.25, 0.3) is 0 Å². The molecule has 0 bridgehead atoms. The number of ether oxygens (including phenoxy) is 1. The first kappa shape index (κ1) is 17.4. The molecular formula is C19H22ClNO2. The van der Waals surface area contributed by atoms with E-state index in [-0.39, 0.29) is 11.9 Å². The molecule has 122 valence electrons. The lowest BCUT2D eigenvalue weighted by atomic mass is 10.0. The van der Waals surface area contributed by atoms with Gasteiger partial charge in [-0.1, -0.05) is 42.0 Å². The standard InChI is InChI=1S/C19H22ClNO2/c1-13-5-4-6-15(11-13)12-14(2)21-19(22)18(20)16-7-9-17(23-3)10-8-16/h4-11,14,18H,12H2,1-3H3,(H,21,22). The second-order valence-electron chi connectivity index (χ2n) is 5.74. The first-order valence-electron chi connectivity index (χ1n) is 7.63. The smallest absolute Gasteiger partial charge is 0.242 e. The van der Waals surface area contributed by atoms with Crippen LogP contribution in [0.4, 0.5) is 0 Å². The topological polar surface area (TPSA) is 38.3 Å². The van der Waals surface area contributed by atoms with Gasteiger partial charge in [-0.2, -0.15) is 0 Å². The van der Waals surface area contributed by atoms with E-state index in [4.69, 9.17) is 16.3 Å². The Labute approximate surface area is 142 Å². The summed E-state index contributed by atoms with van der Waals surface area (Å²) in [5, 5.41) is 2.27. The zero-order valence-corrected chi connectivity index (χ0v) is 14.4. The Morgan fingerprint density at radius 3 is 2.52 bits per heavy atom. The van der Waals surface area contributed by atoms with Gasteiger partial charge < -0.3 is 10.1 Å². The first-order chi connectivity index (χ1) is 11.0. The summed E-state index contributed by atoms with van der Waals surface area (Å²) in [6.45, 7) is 4.04. The SMILES string of the molecule is COc1ccc(C(Cl)C(=O)NC(C)Cc2cccc(C)c2)cc1. The number of carbonyl (C=O) groups excluding carboxylic acids is 1. The predicted molar refractivity (Wildman–Crippen MR) is 94.1 cm³/mol. The molecular weight excluding hydrogens is 310 g/mol. The Morgan fingerprint density at radius 2 is 1.91 bits per heavy atom. The molecule has 0 saturated carbocycles. The van der Waals surface area contributed by atoms with Crippen LogP contribution in [-0.2, 0) is 11.2 Å². The molecule has 0 heterocycles. The van der Waals surface area contributed by atoms with Crippen LogP contribution in [0.3, 0.4) is 0 Å². The number of rotatable bonds is 6. The zero-order chi connectivity index (χ0) is 16.8. The van der Waals surface area contributed by atoms with Gasteiger partial charge in [-0.05, 0) is 43.5 Å². The van der Waals surface area contributed by atoms with Crippen molar-refractivity contribution in [3.63, 3.8) is 0 Å². The van der Waals surface area contributed by atoms with Crippen LogP contribution in [-0.4, -0.2) is 19.1 Å². The van der Waals surface area contributed by atoms with Crippen molar-refractivity contribution in [1.82, 2.24) is 5.32 Å². The Balaban J connectivity index is 1.94. The van der Waals surface area contributed by atoms with Crippen molar-refractivity contribution in [2.45, 2.75) is 31.7 Å². The lowest BCUT2D eigenvalue weighted by Crippen LogP contribution is -2.36. The molecule has 0 aromatic heterocycles. The largest absolute Gasteiger partial charge is 0.497 e.